The molecule has 114 valence electrons. The molecule has 8 nitrogen and oxygen atoms in total. The van der Waals surface area contributed by atoms with E-state index in [-0.39, 0.29) is 10.6 Å². The van der Waals surface area contributed by atoms with Crippen LogP contribution in [0.15, 0.2) is 17.3 Å². The number of nitrogens with one attached hydrogen (secondary N) is 2. The predicted molar refractivity (Wildman–Crippen MR) is 75.7 cm³/mol. The molecule has 1 heterocycles. The van der Waals surface area contributed by atoms with Crippen LogP contribution in [0.2, 0.25) is 0 Å². The van der Waals surface area contributed by atoms with Crippen molar-refractivity contribution in [3.8, 4) is 0 Å². The number of hydrogen-bond acceptors (Lipinski definition) is 7. The molecule has 0 bridgehead atoms. The van der Waals surface area contributed by atoms with Gasteiger partial charge in [-0.2, -0.15) is 0 Å². The van der Waals surface area contributed by atoms with Gasteiger partial charge in [-0.15, -0.1) is 0 Å². The molecule has 0 saturated carbocycles. The van der Waals surface area contributed by atoms with Gasteiger partial charge in [0.05, 0.1) is 18.1 Å². The summed E-state index contributed by atoms with van der Waals surface area (Å²) in [6, 6.07) is -0.733. The van der Waals surface area contributed by atoms with Gasteiger partial charge in [0.2, 0.25) is 16.0 Å². The van der Waals surface area contributed by atoms with E-state index in [9.17, 15) is 16.8 Å². The first-order valence-electron chi connectivity index (χ1n) is 5.90. The van der Waals surface area contributed by atoms with Crippen molar-refractivity contribution in [2.75, 3.05) is 23.9 Å². The fourth-order valence-corrected chi connectivity index (χ4v) is 3.75. The summed E-state index contributed by atoms with van der Waals surface area (Å²) in [7, 11) is -7.09. The van der Waals surface area contributed by atoms with Gasteiger partial charge in [0.15, 0.2) is 0 Å². The summed E-state index contributed by atoms with van der Waals surface area (Å²) < 4.78 is 48.5. The molecule has 1 rings (SSSR count). The van der Waals surface area contributed by atoms with Crippen LogP contribution in [0.1, 0.15) is 13.8 Å². The van der Waals surface area contributed by atoms with Crippen LogP contribution in [0.4, 0.5) is 5.95 Å². The minimum absolute atomic E-state index is 0.112. The van der Waals surface area contributed by atoms with Gasteiger partial charge in [-0.1, -0.05) is 0 Å². The zero-order valence-electron chi connectivity index (χ0n) is 11.5. The van der Waals surface area contributed by atoms with Gasteiger partial charge in [0, 0.05) is 18.8 Å². The van der Waals surface area contributed by atoms with Crippen molar-refractivity contribution in [3.63, 3.8) is 0 Å². The summed E-state index contributed by atoms with van der Waals surface area (Å²) >= 11 is 0. The molecular weight excluding hydrogens is 304 g/mol. The Kier molecular flexibility index (Phi) is 5.42. The van der Waals surface area contributed by atoms with E-state index in [0.29, 0.717) is 12.5 Å². The van der Waals surface area contributed by atoms with Gasteiger partial charge >= 0.3 is 0 Å². The molecule has 1 aromatic heterocycles. The predicted octanol–water partition coefficient (Wildman–Crippen LogP) is -0.380. The Hall–Kier alpha value is -1.26. The Morgan fingerprint density at radius 2 is 1.75 bits per heavy atom. The molecular formula is C10H18N4O4S2. The Morgan fingerprint density at radius 3 is 2.20 bits per heavy atom. The van der Waals surface area contributed by atoms with E-state index in [4.69, 9.17) is 0 Å². The van der Waals surface area contributed by atoms with Crippen molar-refractivity contribution in [2.24, 2.45) is 0 Å². The van der Waals surface area contributed by atoms with Crippen LogP contribution >= 0.6 is 0 Å². The SMILES string of the molecule is CCNc1ncc(S(=O)(=O)NC(C)CS(C)(=O)=O)cn1. The van der Waals surface area contributed by atoms with Crippen LogP contribution in [0.3, 0.4) is 0 Å². The van der Waals surface area contributed by atoms with Crippen molar-refractivity contribution in [3.05, 3.63) is 12.4 Å². The maximum absolute atomic E-state index is 12.0. The summed E-state index contributed by atoms with van der Waals surface area (Å²) in [6.07, 6.45) is 3.38. The number of aromatic nitrogens is 2. The highest BCUT2D eigenvalue weighted by Crippen LogP contribution is 2.08. The fourth-order valence-electron chi connectivity index (χ4n) is 1.53. The quantitative estimate of drug-likeness (QED) is 0.702. The molecule has 0 spiro atoms. The standard InChI is InChI=1S/C10H18N4O4S2/c1-4-11-10-12-5-9(6-13-10)20(17,18)14-8(2)7-19(3,15)16/h5-6,8,14H,4,7H2,1-3H3,(H,11,12,13). The molecule has 2 N–H and O–H groups in total. The van der Waals surface area contributed by atoms with E-state index in [1.807, 2.05) is 6.92 Å². The van der Waals surface area contributed by atoms with Gasteiger partial charge < -0.3 is 5.32 Å². The third-order valence-electron chi connectivity index (χ3n) is 2.18. The Labute approximate surface area is 119 Å². The molecule has 0 aliphatic rings. The normalized spacial score (nSPS) is 13.9. The first-order chi connectivity index (χ1) is 9.14. The Morgan fingerprint density at radius 1 is 1.20 bits per heavy atom. The molecule has 1 aromatic rings. The molecule has 1 atom stereocenters. The summed E-state index contributed by atoms with van der Waals surface area (Å²) in [4.78, 5) is 7.60. The van der Waals surface area contributed by atoms with E-state index in [1.54, 1.807) is 0 Å². The van der Waals surface area contributed by atoms with Crippen molar-refractivity contribution in [1.82, 2.24) is 14.7 Å². The molecule has 1 unspecified atom stereocenters. The zero-order valence-corrected chi connectivity index (χ0v) is 13.1. The molecule has 10 heteroatoms. The molecule has 20 heavy (non-hydrogen) atoms. The average molecular weight is 322 g/mol. The molecule has 0 aromatic carbocycles. The first-order valence-corrected chi connectivity index (χ1v) is 9.44. The average Bonchev–Trinajstić information content (AvgIpc) is 2.26. The number of sulfonamides is 1. The number of sulfone groups is 1. The van der Waals surface area contributed by atoms with Crippen molar-refractivity contribution >= 4 is 25.8 Å². The third kappa shape index (κ3) is 5.39. The summed E-state index contributed by atoms with van der Waals surface area (Å²) in [5, 5.41) is 2.84. The summed E-state index contributed by atoms with van der Waals surface area (Å²) in [6.45, 7) is 3.96. The van der Waals surface area contributed by atoms with Crippen LogP contribution in [-0.2, 0) is 19.9 Å². The lowest BCUT2D eigenvalue weighted by Gasteiger charge is -2.13. The fraction of sp³-hybridized carbons (Fsp3) is 0.600. The highest BCUT2D eigenvalue weighted by Gasteiger charge is 2.20. The summed E-state index contributed by atoms with van der Waals surface area (Å²) in [5.74, 6) is 0.0541. The van der Waals surface area contributed by atoms with Crippen LogP contribution in [0.5, 0.6) is 0 Å². The molecule has 0 aliphatic heterocycles. The van der Waals surface area contributed by atoms with E-state index >= 15 is 0 Å². The lowest BCUT2D eigenvalue weighted by atomic mass is 10.4. The zero-order chi connectivity index (χ0) is 15.4. The van der Waals surface area contributed by atoms with Crippen LogP contribution in [-0.4, -0.2) is 51.4 Å². The molecule has 0 fully saturated rings. The molecule has 0 radical (unpaired) electrons. The Bertz CT molecular complexity index is 640. The van der Waals surface area contributed by atoms with E-state index in [0.717, 1.165) is 6.26 Å². The number of anilines is 1. The molecule has 0 aliphatic carbocycles. The van der Waals surface area contributed by atoms with Crippen LogP contribution < -0.4 is 10.0 Å². The topological polar surface area (TPSA) is 118 Å². The maximum atomic E-state index is 12.0. The largest absolute Gasteiger partial charge is 0.355 e. The molecule has 0 amide bonds. The number of hydrogen-bond donors (Lipinski definition) is 2. The first kappa shape index (κ1) is 16.8. The van der Waals surface area contributed by atoms with Gasteiger partial charge in [0.1, 0.15) is 14.7 Å². The van der Waals surface area contributed by atoms with Crippen LogP contribution in [0.25, 0.3) is 0 Å². The minimum Gasteiger partial charge on any atom is -0.355 e. The lowest BCUT2D eigenvalue weighted by molar-refractivity contribution is 0.564. The minimum atomic E-state index is -3.83. The smallest absolute Gasteiger partial charge is 0.243 e. The van der Waals surface area contributed by atoms with Crippen LogP contribution in [0, 0.1) is 0 Å². The summed E-state index contributed by atoms with van der Waals surface area (Å²) in [5.41, 5.74) is 0. The van der Waals surface area contributed by atoms with Gasteiger partial charge in [-0.25, -0.2) is 31.5 Å². The Balaban J connectivity index is 2.83. The second kappa shape index (κ2) is 6.46. The highest BCUT2D eigenvalue weighted by molar-refractivity contribution is 7.91. The van der Waals surface area contributed by atoms with E-state index in [2.05, 4.69) is 20.0 Å². The van der Waals surface area contributed by atoms with Gasteiger partial charge in [-0.3, -0.25) is 0 Å². The maximum Gasteiger partial charge on any atom is 0.243 e. The van der Waals surface area contributed by atoms with E-state index < -0.39 is 25.9 Å². The highest BCUT2D eigenvalue weighted by atomic mass is 32.2. The number of rotatable bonds is 7. The van der Waals surface area contributed by atoms with Crippen molar-refractivity contribution in [1.29, 1.82) is 0 Å². The lowest BCUT2D eigenvalue weighted by Crippen LogP contribution is -2.37. The van der Waals surface area contributed by atoms with E-state index in [1.165, 1.54) is 19.3 Å². The monoisotopic (exact) mass is 322 g/mol. The molecule has 0 saturated heterocycles. The second-order valence-electron chi connectivity index (χ2n) is 4.39. The van der Waals surface area contributed by atoms with Crippen molar-refractivity contribution in [2.45, 2.75) is 24.8 Å². The second-order valence-corrected chi connectivity index (χ2v) is 8.29. The van der Waals surface area contributed by atoms with Gasteiger partial charge in [-0.05, 0) is 13.8 Å². The third-order valence-corrected chi connectivity index (χ3v) is 4.83. The van der Waals surface area contributed by atoms with Gasteiger partial charge in [0.25, 0.3) is 0 Å². The number of nitrogens with zero attached hydrogens (tertiary/aromatic N) is 2. The van der Waals surface area contributed by atoms with Crippen molar-refractivity contribution < 1.29 is 16.8 Å².